The van der Waals surface area contributed by atoms with Crippen LogP contribution in [0.25, 0.3) is 0 Å². The normalized spacial score (nSPS) is 14.6. The summed E-state index contributed by atoms with van der Waals surface area (Å²) in [5.74, 6) is 3.19. The van der Waals surface area contributed by atoms with E-state index in [-0.39, 0.29) is 6.04 Å². The first-order chi connectivity index (χ1) is 14.7. The van der Waals surface area contributed by atoms with Crippen molar-refractivity contribution < 1.29 is 4.74 Å². The number of nitrogens with zero attached hydrogens (tertiary/aromatic N) is 2. The molecule has 6 nitrogen and oxygen atoms in total. The molecule has 0 fully saturated rings. The molecular weight excluding hydrogens is 374 g/mol. The van der Waals surface area contributed by atoms with Gasteiger partial charge in [0.25, 0.3) is 0 Å². The number of para-hydroxylation sites is 1. The minimum absolute atomic E-state index is 0.119. The lowest BCUT2D eigenvalue weighted by molar-refractivity contribution is 0.483. The topological polar surface area (TPSA) is 85.1 Å². The largest absolute Gasteiger partial charge is 0.457 e. The summed E-state index contributed by atoms with van der Waals surface area (Å²) in [7, 11) is 0. The molecule has 1 unspecified atom stereocenters. The van der Waals surface area contributed by atoms with Crippen LogP contribution in [0.3, 0.4) is 0 Å². The zero-order valence-corrected chi connectivity index (χ0v) is 16.2. The van der Waals surface area contributed by atoms with Gasteiger partial charge in [-0.15, -0.1) is 0 Å². The monoisotopic (exact) mass is 395 g/mol. The summed E-state index contributed by atoms with van der Waals surface area (Å²) < 4.78 is 5.94. The highest BCUT2D eigenvalue weighted by molar-refractivity contribution is 5.68. The molecule has 30 heavy (non-hydrogen) atoms. The molecule has 148 valence electrons. The summed E-state index contributed by atoms with van der Waals surface area (Å²) >= 11 is 0. The van der Waals surface area contributed by atoms with Crippen LogP contribution >= 0.6 is 0 Å². The predicted molar refractivity (Wildman–Crippen MR) is 119 cm³/mol. The standard InChI is InChI=1S/C24H21N5O/c25-17-7-4-6-16(12-17)22-14-21-23(26-15-27-24(21)29-22)28-18-8-5-11-20(13-18)30-19-9-2-1-3-10-19/h1-13,15,22H,14,25H2,(H2,26,27,28,29). The van der Waals surface area contributed by atoms with Crippen LogP contribution in [0, 0.1) is 0 Å². The summed E-state index contributed by atoms with van der Waals surface area (Å²) in [4.78, 5) is 8.89. The first-order valence-corrected chi connectivity index (χ1v) is 9.80. The van der Waals surface area contributed by atoms with Crippen molar-refractivity contribution in [1.82, 2.24) is 9.97 Å². The Balaban J connectivity index is 1.36. The lowest BCUT2D eigenvalue weighted by Gasteiger charge is -2.11. The number of nitrogens with two attached hydrogens (primary N) is 1. The van der Waals surface area contributed by atoms with E-state index in [1.807, 2.05) is 72.8 Å². The first-order valence-electron chi connectivity index (χ1n) is 9.80. The van der Waals surface area contributed by atoms with Crippen LogP contribution in [0.5, 0.6) is 11.5 Å². The Kier molecular flexibility index (Phi) is 4.65. The third-order valence-electron chi connectivity index (χ3n) is 5.05. The van der Waals surface area contributed by atoms with Crippen molar-refractivity contribution in [2.45, 2.75) is 12.5 Å². The van der Waals surface area contributed by atoms with Gasteiger partial charge in [-0.2, -0.15) is 0 Å². The predicted octanol–water partition coefficient (Wildman–Crippen LogP) is 5.30. The number of nitrogens with one attached hydrogen (secondary N) is 2. The summed E-state index contributed by atoms with van der Waals surface area (Å²) in [6, 6.07) is 25.6. The van der Waals surface area contributed by atoms with Crippen LogP contribution in [0.15, 0.2) is 85.2 Å². The summed E-state index contributed by atoms with van der Waals surface area (Å²) in [5, 5.41) is 6.89. The van der Waals surface area contributed by atoms with E-state index in [1.54, 1.807) is 6.33 Å². The SMILES string of the molecule is Nc1cccc(C2Cc3c(Nc4cccc(Oc5ccccc5)c4)ncnc3N2)c1. The maximum Gasteiger partial charge on any atom is 0.139 e. The second-order valence-electron chi connectivity index (χ2n) is 7.19. The number of fused-ring (bicyclic) bond motifs is 1. The molecule has 0 saturated carbocycles. The van der Waals surface area contributed by atoms with Gasteiger partial charge in [0.15, 0.2) is 0 Å². The summed E-state index contributed by atoms with van der Waals surface area (Å²) in [6.45, 7) is 0. The average molecular weight is 395 g/mol. The molecule has 1 atom stereocenters. The van der Waals surface area contributed by atoms with Gasteiger partial charge in [0, 0.05) is 29.4 Å². The van der Waals surface area contributed by atoms with E-state index < -0.39 is 0 Å². The maximum absolute atomic E-state index is 5.95. The molecule has 1 aliphatic rings. The molecule has 5 rings (SSSR count). The molecule has 0 aliphatic carbocycles. The van der Waals surface area contributed by atoms with Crippen molar-refractivity contribution in [3.8, 4) is 11.5 Å². The Morgan fingerprint density at radius 3 is 2.60 bits per heavy atom. The van der Waals surface area contributed by atoms with Gasteiger partial charge in [0.2, 0.25) is 0 Å². The highest BCUT2D eigenvalue weighted by atomic mass is 16.5. The van der Waals surface area contributed by atoms with Crippen molar-refractivity contribution in [3.63, 3.8) is 0 Å². The fourth-order valence-corrected chi connectivity index (χ4v) is 3.63. The molecule has 2 heterocycles. The van der Waals surface area contributed by atoms with Crippen molar-refractivity contribution in [2.24, 2.45) is 0 Å². The zero-order valence-electron chi connectivity index (χ0n) is 16.2. The molecule has 3 aromatic carbocycles. The number of benzene rings is 3. The van der Waals surface area contributed by atoms with Crippen LogP contribution in [-0.2, 0) is 6.42 Å². The van der Waals surface area contributed by atoms with E-state index in [2.05, 4.69) is 26.7 Å². The molecule has 6 heteroatoms. The fraction of sp³-hybridized carbons (Fsp3) is 0.0833. The molecule has 0 saturated heterocycles. The van der Waals surface area contributed by atoms with Gasteiger partial charge in [0.05, 0.1) is 6.04 Å². The Morgan fingerprint density at radius 2 is 1.73 bits per heavy atom. The summed E-state index contributed by atoms with van der Waals surface area (Å²) in [6.07, 6.45) is 2.35. The highest BCUT2D eigenvalue weighted by Crippen LogP contribution is 2.37. The van der Waals surface area contributed by atoms with Crippen LogP contribution in [0.1, 0.15) is 17.2 Å². The second-order valence-corrected chi connectivity index (χ2v) is 7.19. The minimum Gasteiger partial charge on any atom is -0.457 e. The van der Waals surface area contributed by atoms with Crippen LogP contribution < -0.4 is 21.1 Å². The van der Waals surface area contributed by atoms with E-state index in [0.717, 1.165) is 52.1 Å². The number of anilines is 4. The Bertz CT molecular complexity index is 1180. The van der Waals surface area contributed by atoms with E-state index in [1.165, 1.54) is 0 Å². The second kappa shape index (κ2) is 7.75. The molecule has 1 aliphatic heterocycles. The fourth-order valence-electron chi connectivity index (χ4n) is 3.63. The number of rotatable bonds is 5. The quantitative estimate of drug-likeness (QED) is 0.397. The molecule has 0 radical (unpaired) electrons. The van der Waals surface area contributed by atoms with Crippen molar-refractivity contribution >= 4 is 23.0 Å². The van der Waals surface area contributed by atoms with Gasteiger partial charge in [-0.05, 0) is 42.0 Å². The van der Waals surface area contributed by atoms with Crippen LogP contribution in [0.2, 0.25) is 0 Å². The van der Waals surface area contributed by atoms with Gasteiger partial charge in [-0.25, -0.2) is 9.97 Å². The molecule has 1 aromatic heterocycles. The Hall–Kier alpha value is -4.06. The van der Waals surface area contributed by atoms with Gasteiger partial charge in [-0.1, -0.05) is 36.4 Å². The number of nitrogen functional groups attached to an aromatic ring is 1. The molecule has 4 aromatic rings. The van der Waals surface area contributed by atoms with Crippen molar-refractivity contribution in [3.05, 3.63) is 96.3 Å². The van der Waals surface area contributed by atoms with Crippen LogP contribution in [0.4, 0.5) is 23.0 Å². The van der Waals surface area contributed by atoms with E-state index in [4.69, 9.17) is 10.5 Å². The number of hydrogen-bond donors (Lipinski definition) is 3. The lowest BCUT2D eigenvalue weighted by atomic mass is 10.0. The minimum atomic E-state index is 0.119. The Morgan fingerprint density at radius 1 is 0.900 bits per heavy atom. The average Bonchev–Trinajstić information content (AvgIpc) is 3.20. The van der Waals surface area contributed by atoms with Crippen molar-refractivity contribution in [1.29, 1.82) is 0 Å². The third-order valence-corrected chi connectivity index (χ3v) is 5.05. The molecule has 4 N–H and O–H groups in total. The molecule has 0 amide bonds. The maximum atomic E-state index is 5.95. The van der Waals surface area contributed by atoms with Crippen molar-refractivity contribution in [2.75, 3.05) is 16.4 Å². The highest BCUT2D eigenvalue weighted by Gasteiger charge is 2.26. The first kappa shape index (κ1) is 18.0. The molecule has 0 spiro atoms. The third kappa shape index (κ3) is 3.75. The molecule has 0 bridgehead atoms. The van der Waals surface area contributed by atoms with Gasteiger partial charge < -0.3 is 21.1 Å². The summed E-state index contributed by atoms with van der Waals surface area (Å²) in [5.41, 5.74) is 9.80. The number of ether oxygens (including phenoxy) is 1. The Labute approximate surface area is 174 Å². The smallest absolute Gasteiger partial charge is 0.139 e. The van der Waals surface area contributed by atoms with Gasteiger partial charge >= 0.3 is 0 Å². The van der Waals surface area contributed by atoms with Gasteiger partial charge in [0.1, 0.15) is 29.5 Å². The molecular formula is C24H21N5O. The van der Waals surface area contributed by atoms with E-state index in [9.17, 15) is 0 Å². The number of hydrogen-bond acceptors (Lipinski definition) is 6. The van der Waals surface area contributed by atoms with E-state index in [0.29, 0.717) is 0 Å². The zero-order chi connectivity index (χ0) is 20.3. The van der Waals surface area contributed by atoms with Gasteiger partial charge in [-0.3, -0.25) is 0 Å². The van der Waals surface area contributed by atoms with E-state index >= 15 is 0 Å². The van der Waals surface area contributed by atoms with Crippen LogP contribution in [-0.4, -0.2) is 9.97 Å². The lowest BCUT2D eigenvalue weighted by Crippen LogP contribution is -2.06. The number of aromatic nitrogens is 2.